The highest BCUT2D eigenvalue weighted by molar-refractivity contribution is 7.92. The summed E-state index contributed by atoms with van der Waals surface area (Å²) in [4.78, 5) is 8.33. The number of sulfonamides is 1. The van der Waals surface area contributed by atoms with E-state index in [4.69, 9.17) is 23.2 Å². The first kappa shape index (κ1) is 26.5. The van der Waals surface area contributed by atoms with E-state index in [-0.39, 0.29) is 27.2 Å². The third-order valence-corrected chi connectivity index (χ3v) is 8.30. The van der Waals surface area contributed by atoms with Crippen LogP contribution in [0.5, 0.6) is 0 Å². The maximum Gasteiger partial charge on any atom is 0.263 e. The number of aliphatic hydroxyl groups excluding tert-OH is 1. The van der Waals surface area contributed by atoms with Crippen molar-refractivity contribution < 1.29 is 22.3 Å². The zero-order valence-electron chi connectivity index (χ0n) is 19.6. The lowest BCUT2D eigenvalue weighted by Crippen LogP contribution is -2.23. The Kier molecular flexibility index (Phi) is 7.38. The van der Waals surface area contributed by atoms with Crippen LogP contribution in [-0.2, 0) is 16.6 Å². The molecule has 1 unspecified atom stereocenters. The number of aliphatic hydroxyl groups is 1. The molecule has 198 valence electrons. The van der Waals surface area contributed by atoms with Crippen LogP contribution in [-0.4, -0.2) is 42.6 Å². The van der Waals surface area contributed by atoms with E-state index in [2.05, 4.69) is 25.3 Å². The number of aromatic nitrogens is 2. The smallest absolute Gasteiger partial charge is 0.263 e. The fraction of sp³-hybridized carbons (Fsp3) is 0.200. The SMILES string of the molecule is O=S(=O)(Nc1ccc(F)c(-c2ccc3nc(NC4CCNC4)ncc3c2)c1F)c1cc(Cl)cc(CO)c1Cl. The molecule has 4 N–H and O–H groups in total. The third-order valence-electron chi connectivity index (χ3n) is 6.14. The molecule has 13 heteroatoms. The summed E-state index contributed by atoms with van der Waals surface area (Å²) < 4.78 is 58.6. The molecule has 0 spiro atoms. The van der Waals surface area contributed by atoms with E-state index in [1.54, 1.807) is 12.3 Å². The monoisotopic (exact) mass is 579 g/mol. The predicted octanol–water partition coefficient (Wildman–Crippen LogP) is 4.95. The van der Waals surface area contributed by atoms with Gasteiger partial charge in [0, 0.05) is 29.2 Å². The van der Waals surface area contributed by atoms with Crippen LogP contribution in [0.2, 0.25) is 10.0 Å². The van der Waals surface area contributed by atoms with Crippen LogP contribution < -0.4 is 15.4 Å². The van der Waals surface area contributed by atoms with E-state index in [0.717, 1.165) is 37.7 Å². The van der Waals surface area contributed by atoms with Gasteiger partial charge in [-0.1, -0.05) is 29.3 Å². The molecule has 5 rings (SSSR count). The average Bonchev–Trinajstić information content (AvgIpc) is 3.40. The van der Waals surface area contributed by atoms with Crippen LogP contribution in [0.4, 0.5) is 20.4 Å². The summed E-state index contributed by atoms with van der Waals surface area (Å²) in [6.07, 6.45) is 2.50. The lowest BCUT2D eigenvalue weighted by atomic mass is 10.0. The molecule has 1 fully saturated rings. The molecule has 38 heavy (non-hydrogen) atoms. The zero-order valence-corrected chi connectivity index (χ0v) is 21.9. The molecule has 0 aliphatic carbocycles. The van der Waals surface area contributed by atoms with Crippen LogP contribution in [0.3, 0.4) is 0 Å². The van der Waals surface area contributed by atoms with Gasteiger partial charge in [0.1, 0.15) is 10.7 Å². The molecule has 4 aromatic rings. The van der Waals surface area contributed by atoms with E-state index in [1.165, 1.54) is 18.2 Å². The number of rotatable bonds is 7. The molecule has 0 saturated carbocycles. The number of fused-ring (bicyclic) bond motifs is 1. The maximum absolute atomic E-state index is 15.6. The zero-order chi connectivity index (χ0) is 27.0. The highest BCUT2D eigenvalue weighted by atomic mass is 35.5. The van der Waals surface area contributed by atoms with E-state index in [0.29, 0.717) is 16.9 Å². The summed E-state index contributed by atoms with van der Waals surface area (Å²) in [6, 6.07) is 9.17. The second-order valence-corrected chi connectivity index (χ2v) is 11.2. The van der Waals surface area contributed by atoms with Crippen LogP contribution in [0, 0.1) is 11.6 Å². The second-order valence-electron chi connectivity index (χ2n) is 8.73. The number of halogens is 4. The van der Waals surface area contributed by atoms with Crippen molar-refractivity contribution in [2.24, 2.45) is 0 Å². The lowest BCUT2D eigenvalue weighted by Gasteiger charge is -2.15. The number of anilines is 2. The number of hydrogen-bond acceptors (Lipinski definition) is 7. The van der Waals surface area contributed by atoms with Crippen molar-refractivity contribution >= 4 is 55.8 Å². The van der Waals surface area contributed by atoms with Crippen molar-refractivity contribution in [3.8, 4) is 11.1 Å². The minimum absolute atomic E-state index is 0.00995. The highest BCUT2D eigenvalue weighted by Gasteiger charge is 2.25. The standard InChI is InChI=1S/C25H21Cl2F2N5O3S/c26-16-8-15(12-35)23(27)21(9-16)38(36,37)34-20-4-2-18(28)22(24(20)29)13-1-3-19-14(7-13)10-31-25(33-19)32-17-5-6-30-11-17/h1-4,7-10,17,30,34-35H,5-6,11-12H2,(H,31,32,33). The third kappa shape index (κ3) is 5.25. The van der Waals surface area contributed by atoms with E-state index in [9.17, 15) is 17.9 Å². The fourth-order valence-corrected chi connectivity index (χ4v) is 6.23. The molecule has 1 aliphatic rings. The van der Waals surface area contributed by atoms with Gasteiger partial charge in [0.25, 0.3) is 10.0 Å². The molecule has 0 bridgehead atoms. The first-order valence-corrected chi connectivity index (χ1v) is 13.7. The lowest BCUT2D eigenvalue weighted by molar-refractivity contribution is 0.281. The number of benzene rings is 3. The van der Waals surface area contributed by atoms with Gasteiger partial charge in [-0.25, -0.2) is 27.2 Å². The summed E-state index contributed by atoms with van der Waals surface area (Å²) in [6.45, 7) is 1.17. The largest absolute Gasteiger partial charge is 0.392 e. The van der Waals surface area contributed by atoms with Crippen LogP contribution in [0.25, 0.3) is 22.0 Å². The minimum atomic E-state index is -4.45. The molecule has 0 amide bonds. The number of hydrogen-bond donors (Lipinski definition) is 4. The normalized spacial score (nSPS) is 15.7. The molecule has 2 heterocycles. The van der Waals surface area contributed by atoms with Gasteiger partial charge in [0.15, 0.2) is 5.82 Å². The second kappa shape index (κ2) is 10.6. The Morgan fingerprint density at radius 2 is 1.95 bits per heavy atom. The average molecular weight is 580 g/mol. The predicted molar refractivity (Wildman–Crippen MR) is 143 cm³/mol. The summed E-state index contributed by atoms with van der Waals surface area (Å²) in [5.41, 5.74) is -0.105. The number of nitrogens with one attached hydrogen (secondary N) is 3. The Morgan fingerprint density at radius 3 is 2.68 bits per heavy atom. The molecule has 1 aromatic heterocycles. The highest BCUT2D eigenvalue weighted by Crippen LogP contribution is 2.35. The molecule has 3 aromatic carbocycles. The Morgan fingerprint density at radius 1 is 1.13 bits per heavy atom. The molecular weight excluding hydrogens is 559 g/mol. The molecule has 1 aliphatic heterocycles. The molecule has 1 atom stereocenters. The van der Waals surface area contributed by atoms with Crippen LogP contribution in [0.1, 0.15) is 12.0 Å². The molecule has 0 radical (unpaired) electrons. The quantitative estimate of drug-likeness (QED) is 0.245. The molecule has 8 nitrogen and oxygen atoms in total. The van der Waals surface area contributed by atoms with Crippen molar-refractivity contribution in [3.05, 3.63) is 75.9 Å². The van der Waals surface area contributed by atoms with Crippen molar-refractivity contribution in [1.29, 1.82) is 0 Å². The number of nitrogens with zero attached hydrogens (tertiary/aromatic N) is 2. The van der Waals surface area contributed by atoms with E-state index < -0.39 is 44.4 Å². The van der Waals surface area contributed by atoms with Crippen molar-refractivity contribution in [2.75, 3.05) is 23.1 Å². The van der Waals surface area contributed by atoms with Gasteiger partial charge < -0.3 is 15.7 Å². The van der Waals surface area contributed by atoms with Gasteiger partial charge in [0.05, 0.1) is 28.4 Å². The Labute approximate surface area is 227 Å². The van der Waals surface area contributed by atoms with E-state index >= 15 is 4.39 Å². The first-order chi connectivity index (χ1) is 18.2. The van der Waals surface area contributed by atoms with Crippen LogP contribution >= 0.6 is 23.2 Å². The summed E-state index contributed by atoms with van der Waals surface area (Å²) in [5, 5.41) is 16.2. The Balaban J connectivity index is 1.48. The Hall–Kier alpha value is -3.09. The van der Waals surface area contributed by atoms with Gasteiger partial charge in [-0.15, -0.1) is 0 Å². The Bertz CT molecular complexity index is 1650. The summed E-state index contributed by atoms with van der Waals surface area (Å²) >= 11 is 12.1. The fourth-order valence-electron chi connectivity index (χ4n) is 4.24. The van der Waals surface area contributed by atoms with E-state index in [1.807, 2.05) is 0 Å². The van der Waals surface area contributed by atoms with Gasteiger partial charge in [0.2, 0.25) is 5.95 Å². The summed E-state index contributed by atoms with van der Waals surface area (Å²) in [7, 11) is -4.45. The minimum Gasteiger partial charge on any atom is -0.392 e. The summed E-state index contributed by atoms with van der Waals surface area (Å²) in [5.74, 6) is -1.56. The topological polar surface area (TPSA) is 116 Å². The van der Waals surface area contributed by atoms with Gasteiger partial charge in [-0.05, 0) is 60.5 Å². The first-order valence-electron chi connectivity index (χ1n) is 11.5. The molecule has 1 saturated heterocycles. The van der Waals surface area contributed by atoms with Gasteiger partial charge in [-0.3, -0.25) is 4.72 Å². The van der Waals surface area contributed by atoms with Crippen molar-refractivity contribution in [1.82, 2.24) is 15.3 Å². The molecular formula is C25H21Cl2F2N5O3S. The van der Waals surface area contributed by atoms with Gasteiger partial charge in [-0.2, -0.15) is 0 Å². The van der Waals surface area contributed by atoms with Gasteiger partial charge >= 0.3 is 0 Å². The van der Waals surface area contributed by atoms with Crippen molar-refractivity contribution in [2.45, 2.75) is 24.0 Å². The maximum atomic E-state index is 15.6. The van der Waals surface area contributed by atoms with Crippen molar-refractivity contribution in [3.63, 3.8) is 0 Å². The van der Waals surface area contributed by atoms with Crippen LogP contribution in [0.15, 0.2) is 53.6 Å².